The Morgan fingerprint density at radius 3 is 2.47 bits per heavy atom. The summed E-state index contributed by atoms with van der Waals surface area (Å²) >= 11 is 0. The van der Waals surface area contributed by atoms with Crippen LogP contribution in [0.15, 0.2) is 42.5 Å². The van der Waals surface area contributed by atoms with E-state index < -0.39 is 6.10 Å². The lowest BCUT2D eigenvalue weighted by atomic mass is 10.1. The number of rotatable bonds is 8. The molecule has 1 atom stereocenters. The first-order chi connectivity index (χ1) is 14.5. The number of nitrogens with zero attached hydrogens (tertiary/aromatic N) is 1. The first-order valence-electron chi connectivity index (χ1n) is 10.0. The van der Waals surface area contributed by atoms with Crippen LogP contribution in [-0.4, -0.2) is 51.2 Å². The number of nitrogens with one attached hydrogen (secondary N) is 1. The summed E-state index contributed by atoms with van der Waals surface area (Å²) in [4.78, 5) is 26.5. The number of carbonyl (C=O) groups excluding carboxylic acids is 2. The van der Waals surface area contributed by atoms with E-state index in [9.17, 15) is 9.59 Å². The smallest absolute Gasteiger partial charge is 0.265 e. The van der Waals surface area contributed by atoms with E-state index in [1.807, 2.05) is 24.3 Å². The molecule has 1 amide bonds. The summed E-state index contributed by atoms with van der Waals surface area (Å²) in [5.74, 6) is 0.227. The number of hydrogen-bond acceptors (Lipinski definition) is 6. The molecule has 0 radical (unpaired) electrons. The van der Waals surface area contributed by atoms with Gasteiger partial charge in [-0.25, -0.2) is 0 Å². The van der Waals surface area contributed by atoms with Crippen molar-refractivity contribution in [1.29, 1.82) is 0 Å². The zero-order valence-electron chi connectivity index (χ0n) is 17.6. The second-order valence-electron chi connectivity index (χ2n) is 7.21. The monoisotopic (exact) mass is 412 g/mol. The van der Waals surface area contributed by atoms with Gasteiger partial charge in [-0.2, -0.15) is 0 Å². The van der Waals surface area contributed by atoms with Gasteiger partial charge in [-0.15, -0.1) is 0 Å². The van der Waals surface area contributed by atoms with Crippen molar-refractivity contribution in [2.24, 2.45) is 0 Å². The van der Waals surface area contributed by atoms with Crippen LogP contribution < -0.4 is 15.0 Å². The molecule has 30 heavy (non-hydrogen) atoms. The lowest BCUT2D eigenvalue weighted by Gasteiger charge is -2.29. The second kappa shape index (κ2) is 10.2. The first-order valence-corrected chi connectivity index (χ1v) is 10.0. The summed E-state index contributed by atoms with van der Waals surface area (Å²) in [5.41, 5.74) is 3.11. The molecule has 0 aromatic heterocycles. The number of ketones is 1. The minimum absolute atomic E-state index is 0.0368. The molecule has 1 N–H and O–H groups in total. The van der Waals surface area contributed by atoms with Gasteiger partial charge in [0.1, 0.15) is 5.75 Å². The molecule has 2 aromatic carbocycles. The Morgan fingerprint density at radius 1 is 1.13 bits per heavy atom. The molecule has 3 rings (SSSR count). The molecule has 1 saturated heterocycles. The summed E-state index contributed by atoms with van der Waals surface area (Å²) in [5, 5.41) is 2.88. The van der Waals surface area contributed by atoms with Gasteiger partial charge < -0.3 is 24.4 Å². The van der Waals surface area contributed by atoms with Gasteiger partial charge in [-0.3, -0.25) is 9.59 Å². The van der Waals surface area contributed by atoms with E-state index in [4.69, 9.17) is 14.2 Å². The largest absolute Gasteiger partial charge is 0.481 e. The Balaban J connectivity index is 1.62. The Morgan fingerprint density at radius 2 is 1.83 bits per heavy atom. The molecule has 1 aliphatic heterocycles. The fourth-order valence-electron chi connectivity index (χ4n) is 3.25. The SMILES string of the molecule is COCc1cc(C(C)=O)ccc1O[C@@H](C)C(=O)Nc1ccc(N2CCOCC2)cc1. The molecule has 7 heteroatoms. The summed E-state index contributed by atoms with van der Waals surface area (Å²) in [6, 6.07) is 12.9. The van der Waals surface area contributed by atoms with E-state index in [0.717, 1.165) is 37.6 Å². The third kappa shape index (κ3) is 5.58. The zero-order valence-corrected chi connectivity index (χ0v) is 17.6. The van der Waals surface area contributed by atoms with Crippen LogP contribution in [0.2, 0.25) is 0 Å². The van der Waals surface area contributed by atoms with Crippen LogP contribution in [0, 0.1) is 0 Å². The van der Waals surface area contributed by atoms with E-state index in [-0.39, 0.29) is 18.3 Å². The van der Waals surface area contributed by atoms with Crippen molar-refractivity contribution in [3.05, 3.63) is 53.6 Å². The van der Waals surface area contributed by atoms with Gasteiger partial charge in [0.05, 0.1) is 19.8 Å². The number of amides is 1. The molecule has 7 nitrogen and oxygen atoms in total. The van der Waals surface area contributed by atoms with Crippen molar-refractivity contribution < 1.29 is 23.8 Å². The summed E-state index contributed by atoms with van der Waals surface area (Å²) in [6.45, 7) is 6.66. The quantitative estimate of drug-likeness (QED) is 0.671. The summed E-state index contributed by atoms with van der Waals surface area (Å²) in [7, 11) is 1.57. The van der Waals surface area contributed by atoms with Crippen LogP contribution in [0.5, 0.6) is 5.75 Å². The molecule has 2 aromatic rings. The highest BCUT2D eigenvalue weighted by molar-refractivity contribution is 5.95. The molecule has 0 unspecified atom stereocenters. The molecule has 160 valence electrons. The Bertz CT molecular complexity index is 876. The summed E-state index contributed by atoms with van der Waals surface area (Å²) < 4.78 is 16.4. The maximum absolute atomic E-state index is 12.6. The van der Waals surface area contributed by atoms with Crippen LogP contribution in [0.25, 0.3) is 0 Å². The van der Waals surface area contributed by atoms with E-state index >= 15 is 0 Å². The lowest BCUT2D eigenvalue weighted by Crippen LogP contribution is -2.36. The molecular weight excluding hydrogens is 384 g/mol. The standard InChI is InChI=1S/C23H28N2O5/c1-16(26)18-4-9-22(19(14-18)15-28-3)30-17(2)23(27)24-20-5-7-21(8-6-20)25-10-12-29-13-11-25/h4-9,14,17H,10-13,15H2,1-3H3,(H,24,27)/t17-/m0/s1. The van der Waals surface area contributed by atoms with Gasteiger partial charge in [0.25, 0.3) is 5.91 Å². The highest BCUT2D eigenvalue weighted by atomic mass is 16.5. The molecule has 1 heterocycles. The molecule has 0 aliphatic carbocycles. The number of hydrogen-bond donors (Lipinski definition) is 1. The number of morpholine rings is 1. The van der Waals surface area contributed by atoms with Crippen LogP contribution in [0.3, 0.4) is 0 Å². The van der Waals surface area contributed by atoms with Crippen molar-refractivity contribution in [3.63, 3.8) is 0 Å². The highest BCUT2D eigenvalue weighted by Crippen LogP contribution is 2.24. The average Bonchev–Trinajstić information content (AvgIpc) is 2.76. The molecule has 1 fully saturated rings. The second-order valence-corrected chi connectivity index (χ2v) is 7.21. The van der Waals surface area contributed by atoms with E-state index in [0.29, 0.717) is 17.0 Å². The van der Waals surface area contributed by atoms with Crippen LogP contribution in [0.1, 0.15) is 29.8 Å². The van der Waals surface area contributed by atoms with Gasteiger partial charge in [-0.05, 0) is 56.3 Å². The van der Waals surface area contributed by atoms with E-state index in [2.05, 4.69) is 10.2 Å². The van der Waals surface area contributed by atoms with Gasteiger partial charge >= 0.3 is 0 Å². The third-order valence-corrected chi connectivity index (χ3v) is 4.95. The Hall–Kier alpha value is -2.90. The van der Waals surface area contributed by atoms with Crippen LogP contribution >= 0.6 is 0 Å². The fraction of sp³-hybridized carbons (Fsp3) is 0.391. The average molecular weight is 412 g/mol. The molecular formula is C23H28N2O5. The van der Waals surface area contributed by atoms with Gasteiger partial charge in [0.2, 0.25) is 0 Å². The van der Waals surface area contributed by atoms with Gasteiger partial charge in [0.15, 0.2) is 11.9 Å². The Kier molecular flexibility index (Phi) is 7.43. The number of ether oxygens (including phenoxy) is 3. The minimum atomic E-state index is -0.720. The predicted molar refractivity (Wildman–Crippen MR) is 115 cm³/mol. The highest BCUT2D eigenvalue weighted by Gasteiger charge is 2.18. The number of Topliss-reactive ketones (excluding diaryl/α,β-unsaturated/α-hetero) is 1. The number of anilines is 2. The first kappa shape index (κ1) is 21.8. The zero-order chi connectivity index (χ0) is 21.5. The maximum Gasteiger partial charge on any atom is 0.265 e. The number of benzene rings is 2. The molecule has 0 spiro atoms. The predicted octanol–water partition coefficient (Wildman–Crippen LogP) is 3.28. The third-order valence-electron chi connectivity index (χ3n) is 4.95. The molecule has 0 bridgehead atoms. The Labute approximate surface area is 176 Å². The summed E-state index contributed by atoms with van der Waals surface area (Å²) in [6.07, 6.45) is -0.720. The minimum Gasteiger partial charge on any atom is -0.481 e. The number of methoxy groups -OCH3 is 1. The van der Waals surface area contributed by atoms with Crippen molar-refractivity contribution in [1.82, 2.24) is 0 Å². The molecule has 0 saturated carbocycles. The van der Waals surface area contributed by atoms with Gasteiger partial charge in [-0.1, -0.05) is 0 Å². The van der Waals surface area contributed by atoms with Gasteiger partial charge in [0, 0.05) is 42.7 Å². The van der Waals surface area contributed by atoms with Crippen molar-refractivity contribution in [2.75, 3.05) is 43.6 Å². The van der Waals surface area contributed by atoms with Crippen molar-refractivity contribution >= 4 is 23.1 Å². The van der Waals surface area contributed by atoms with Crippen LogP contribution in [-0.2, 0) is 20.9 Å². The van der Waals surface area contributed by atoms with Crippen molar-refractivity contribution in [2.45, 2.75) is 26.6 Å². The number of carbonyl (C=O) groups is 2. The van der Waals surface area contributed by atoms with E-state index in [1.54, 1.807) is 32.2 Å². The van der Waals surface area contributed by atoms with Crippen LogP contribution in [0.4, 0.5) is 11.4 Å². The maximum atomic E-state index is 12.6. The lowest BCUT2D eigenvalue weighted by molar-refractivity contribution is -0.122. The van der Waals surface area contributed by atoms with E-state index in [1.165, 1.54) is 6.92 Å². The topological polar surface area (TPSA) is 77.1 Å². The van der Waals surface area contributed by atoms with Crippen molar-refractivity contribution in [3.8, 4) is 5.75 Å². The normalized spacial score (nSPS) is 14.8. The molecule has 1 aliphatic rings. The fourth-order valence-corrected chi connectivity index (χ4v) is 3.25.